The van der Waals surface area contributed by atoms with Crippen LogP contribution in [0.15, 0.2) is 18.2 Å². The standard InChI is InChI=1S/C16H21N7O3/c1-11-9-12(2)23(21-11)14-4-3-13(19-20-14)17-5-6-18-15(24)10-22-7-8-26-16(22)25/h3-4,9H,5-8,10H2,1-2H3,(H,17,19)(H,18,24). The molecule has 0 atom stereocenters. The van der Waals surface area contributed by atoms with Gasteiger partial charge in [-0.2, -0.15) is 5.10 Å². The number of hydrogen-bond donors (Lipinski definition) is 2. The molecule has 10 heteroatoms. The first-order valence-corrected chi connectivity index (χ1v) is 8.32. The minimum atomic E-state index is -0.448. The van der Waals surface area contributed by atoms with Crippen molar-refractivity contribution in [1.29, 1.82) is 0 Å². The van der Waals surface area contributed by atoms with Crippen LogP contribution in [-0.2, 0) is 9.53 Å². The van der Waals surface area contributed by atoms with E-state index in [4.69, 9.17) is 4.74 Å². The SMILES string of the molecule is Cc1cc(C)n(-c2ccc(NCCNC(=O)CN3CCOC3=O)nn2)n1. The fourth-order valence-corrected chi connectivity index (χ4v) is 2.58. The van der Waals surface area contributed by atoms with Crippen LogP contribution in [0.2, 0.25) is 0 Å². The zero-order chi connectivity index (χ0) is 18.5. The van der Waals surface area contributed by atoms with E-state index in [0.717, 1.165) is 11.4 Å². The molecule has 0 bridgehead atoms. The van der Waals surface area contributed by atoms with Gasteiger partial charge in [0.05, 0.1) is 12.2 Å². The van der Waals surface area contributed by atoms with E-state index >= 15 is 0 Å². The summed E-state index contributed by atoms with van der Waals surface area (Å²) in [5.74, 6) is 1.02. The summed E-state index contributed by atoms with van der Waals surface area (Å²) in [7, 11) is 0. The van der Waals surface area contributed by atoms with Crippen LogP contribution in [0.1, 0.15) is 11.4 Å². The molecule has 26 heavy (non-hydrogen) atoms. The molecule has 3 heterocycles. The highest BCUT2D eigenvalue weighted by Crippen LogP contribution is 2.10. The Morgan fingerprint density at radius 3 is 2.73 bits per heavy atom. The lowest BCUT2D eigenvalue weighted by Crippen LogP contribution is -2.39. The van der Waals surface area contributed by atoms with Gasteiger partial charge in [-0.1, -0.05) is 0 Å². The summed E-state index contributed by atoms with van der Waals surface area (Å²) < 4.78 is 6.51. The van der Waals surface area contributed by atoms with Crippen molar-refractivity contribution in [3.63, 3.8) is 0 Å². The molecule has 0 radical (unpaired) electrons. The van der Waals surface area contributed by atoms with Crippen LogP contribution in [-0.4, -0.2) is 69.7 Å². The molecule has 3 rings (SSSR count). The van der Waals surface area contributed by atoms with E-state index in [1.807, 2.05) is 26.0 Å². The molecule has 2 amide bonds. The Labute approximate surface area is 150 Å². The Morgan fingerprint density at radius 2 is 2.12 bits per heavy atom. The third kappa shape index (κ3) is 4.26. The summed E-state index contributed by atoms with van der Waals surface area (Å²) in [5.41, 5.74) is 1.91. The number of carbonyl (C=O) groups excluding carboxylic acids is 2. The van der Waals surface area contributed by atoms with Gasteiger partial charge in [0.1, 0.15) is 19.0 Å². The van der Waals surface area contributed by atoms with Crippen molar-refractivity contribution in [2.75, 3.05) is 38.1 Å². The van der Waals surface area contributed by atoms with E-state index in [9.17, 15) is 9.59 Å². The Morgan fingerprint density at radius 1 is 1.27 bits per heavy atom. The van der Waals surface area contributed by atoms with Gasteiger partial charge in [-0.25, -0.2) is 9.48 Å². The fraction of sp³-hybridized carbons (Fsp3) is 0.438. The van der Waals surface area contributed by atoms with Crippen molar-refractivity contribution in [3.8, 4) is 5.82 Å². The van der Waals surface area contributed by atoms with Gasteiger partial charge in [-0.15, -0.1) is 10.2 Å². The molecule has 2 aromatic heterocycles. The van der Waals surface area contributed by atoms with Crippen molar-refractivity contribution >= 4 is 17.8 Å². The van der Waals surface area contributed by atoms with Crippen LogP contribution in [0.5, 0.6) is 0 Å². The summed E-state index contributed by atoms with van der Waals surface area (Å²) >= 11 is 0. The third-order valence-electron chi connectivity index (χ3n) is 3.81. The smallest absolute Gasteiger partial charge is 0.410 e. The predicted molar refractivity (Wildman–Crippen MR) is 93.0 cm³/mol. The number of amides is 2. The molecule has 0 unspecified atom stereocenters. The van der Waals surface area contributed by atoms with E-state index in [1.165, 1.54) is 4.90 Å². The van der Waals surface area contributed by atoms with Crippen LogP contribution < -0.4 is 10.6 Å². The van der Waals surface area contributed by atoms with Crippen LogP contribution in [0.3, 0.4) is 0 Å². The van der Waals surface area contributed by atoms with E-state index in [-0.39, 0.29) is 12.5 Å². The van der Waals surface area contributed by atoms with Gasteiger partial charge in [0.2, 0.25) is 5.91 Å². The number of carbonyl (C=O) groups is 2. The van der Waals surface area contributed by atoms with Gasteiger partial charge >= 0.3 is 6.09 Å². The van der Waals surface area contributed by atoms with Gasteiger partial charge < -0.3 is 15.4 Å². The summed E-state index contributed by atoms with van der Waals surface area (Å²) in [5, 5.41) is 18.4. The second-order valence-corrected chi connectivity index (χ2v) is 5.93. The van der Waals surface area contributed by atoms with Crippen molar-refractivity contribution in [2.45, 2.75) is 13.8 Å². The Balaban J connectivity index is 1.41. The van der Waals surface area contributed by atoms with Gasteiger partial charge in [0.15, 0.2) is 5.82 Å². The zero-order valence-electron chi connectivity index (χ0n) is 14.7. The fourth-order valence-electron chi connectivity index (χ4n) is 2.58. The zero-order valence-corrected chi connectivity index (χ0v) is 14.7. The van der Waals surface area contributed by atoms with Crippen molar-refractivity contribution in [2.24, 2.45) is 0 Å². The molecule has 0 aliphatic carbocycles. The minimum Gasteiger partial charge on any atom is -0.448 e. The van der Waals surface area contributed by atoms with Crippen LogP contribution in [0.25, 0.3) is 5.82 Å². The summed E-state index contributed by atoms with van der Waals surface area (Å²) in [4.78, 5) is 24.4. The highest BCUT2D eigenvalue weighted by atomic mass is 16.6. The quantitative estimate of drug-likeness (QED) is 0.682. The largest absolute Gasteiger partial charge is 0.448 e. The van der Waals surface area contributed by atoms with Gasteiger partial charge in [0.25, 0.3) is 0 Å². The van der Waals surface area contributed by atoms with Gasteiger partial charge in [-0.05, 0) is 32.0 Å². The van der Waals surface area contributed by atoms with E-state index in [2.05, 4.69) is 25.9 Å². The molecular formula is C16H21N7O3. The highest BCUT2D eigenvalue weighted by Gasteiger charge is 2.23. The molecule has 1 aliphatic rings. The van der Waals surface area contributed by atoms with Crippen molar-refractivity contribution < 1.29 is 14.3 Å². The normalized spacial score (nSPS) is 13.6. The Kier molecular flexibility index (Phi) is 5.30. The molecule has 2 N–H and O–H groups in total. The van der Waals surface area contributed by atoms with Crippen molar-refractivity contribution in [3.05, 3.63) is 29.6 Å². The first kappa shape index (κ1) is 17.6. The summed E-state index contributed by atoms with van der Waals surface area (Å²) in [6, 6.07) is 5.60. The van der Waals surface area contributed by atoms with Crippen LogP contribution in [0, 0.1) is 13.8 Å². The number of cyclic esters (lactones) is 1. The maximum Gasteiger partial charge on any atom is 0.410 e. The van der Waals surface area contributed by atoms with Crippen LogP contribution >= 0.6 is 0 Å². The molecule has 1 aliphatic heterocycles. The maximum absolute atomic E-state index is 11.8. The molecule has 2 aromatic rings. The Bertz CT molecular complexity index is 788. The molecule has 10 nitrogen and oxygen atoms in total. The number of hydrogen-bond acceptors (Lipinski definition) is 7. The lowest BCUT2D eigenvalue weighted by Gasteiger charge is -2.12. The minimum absolute atomic E-state index is 0.00989. The first-order valence-electron chi connectivity index (χ1n) is 8.32. The average Bonchev–Trinajstić information content (AvgIpc) is 3.17. The molecular weight excluding hydrogens is 338 g/mol. The highest BCUT2D eigenvalue weighted by molar-refractivity contribution is 5.82. The molecule has 138 valence electrons. The number of anilines is 1. The molecule has 0 aromatic carbocycles. The maximum atomic E-state index is 11.8. The number of nitrogens with one attached hydrogen (secondary N) is 2. The van der Waals surface area contributed by atoms with E-state index in [1.54, 1.807) is 10.7 Å². The van der Waals surface area contributed by atoms with E-state index in [0.29, 0.717) is 37.9 Å². The predicted octanol–water partition coefficient (Wildman–Crippen LogP) is 0.259. The Hall–Kier alpha value is -3.17. The molecule has 0 spiro atoms. The number of aryl methyl sites for hydroxylation is 2. The number of ether oxygens (including phenoxy) is 1. The van der Waals surface area contributed by atoms with Crippen LogP contribution in [0.4, 0.5) is 10.6 Å². The van der Waals surface area contributed by atoms with Gasteiger partial charge in [0, 0.05) is 18.8 Å². The summed E-state index contributed by atoms with van der Waals surface area (Å²) in [6.45, 7) is 5.57. The lowest BCUT2D eigenvalue weighted by molar-refractivity contribution is -0.121. The van der Waals surface area contributed by atoms with Crippen molar-refractivity contribution in [1.82, 2.24) is 30.2 Å². The lowest BCUT2D eigenvalue weighted by atomic mass is 10.4. The molecule has 1 saturated heterocycles. The monoisotopic (exact) mass is 359 g/mol. The second kappa shape index (κ2) is 7.81. The number of rotatable bonds is 7. The van der Waals surface area contributed by atoms with E-state index < -0.39 is 6.09 Å². The topological polar surface area (TPSA) is 114 Å². The van der Waals surface area contributed by atoms with Gasteiger partial charge in [-0.3, -0.25) is 9.69 Å². The summed E-state index contributed by atoms with van der Waals surface area (Å²) in [6.07, 6.45) is -0.448. The molecule has 1 fully saturated rings. The molecule has 0 saturated carbocycles. The third-order valence-corrected chi connectivity index (χ3v) is 3.81. The number of nitrogens with zero attached hydrogens (tertiary/aromatic N) is 5. The first-order chi connectivity index (χ1) is 12.5. The number of aromatic nitrogens is 4. The average molecular weight is 359 g/mol. The second-order valence-electron chi connectivity index (χ2n) is 5.93.